The number of benzene rings is 2. The monoisotopic (exact) mass is 363 g/mol. The van der Waals surface area contributed by atoms with Crippen molar-refractivity contribution in [3.8, 4) is 0 Å². The zero-order valence-electron chi connectivity index (χ0n) is 14.5. The van der Waals surface area contributed by atoms with Gasteiger partial charge in [-0.3, -0.25) is 4.79 Å². The number of hydrogen-bond donors (Lipinski definition) is 2. The van der Waals surface area contributed by atoms with Crippen LogP contribution in [0.5, 0.6) is 0 Å². The highest BCUT2D eigenvalue weighted by atomic mass is 19.1. The number of rotatable bonds is 4. The molecule has 27 heavy (non-hydrogen) atoms. The van der Waals surface area contributed by atoms with E-state index in [9.17, 15) is 9.18 Å². The highest BCUT2D eigenvalue weighted by molar-refractivity contribution is 5.87. The molecular weight excluding hydrogens is 345 g/mol. The fourth-order valence-corrected chi connectivity index (χ4v) is 3.15. The molecular formula is C20H18FN5O. The average Bonchev–Trinajstić information content (AvgIpc) is 2.69. The Bertz CT molecular complexity index is 950. The lowest BCUT2D eigenvalue weighted by molar-refractivity contribution is -0.123. The van der Waals surface area contributed by atoms with Crippen LogP contribution in [0.15, 0.2) is 66.9 Å². The van der Waals surface area contributed by atoms with E-state index in [0.717, 1.165) is 5.56 Å². The van der Waals surface area contributed by atoms with E-state index in [1.807, 2.05) is 35.2 Å². The number of halogens is 1. The first-order valence-corrected chi connectivity index (χ1v) is 8.66. The van der Waals surface area contributed by atoms with E-state index < -0.39 is 6.04 Å². The second-order valence-corrected chi connectivity index (χ2v) is 6.17. The first-order chi connectivity index (χ1) is 13.2. The molecule has 0 radical (unpaired) electrons. The molecule has 2 heterocycles. The lowest BCUT2D eigenvalue weighted by atomic mass is 10.0. The predicted octanol–water partition coefficient (Wildman–Crippen LogP) is 3.04. The summed E-state index contributed by atoms with van der Waals surface area (Å²) in [5, 5.41) is 5.91. The Morgan fingerprint density at radius 2 is 1.96 bits per heavy atom. The summed E-state index contributed by atoms with van der Waals surface area (Å²) >= 11 is 0. The van der Waals surface area contributed by atoms with Crippen molar-refractivity contribution in [2.24, 2.45) is 0 Å². The first kappa shape index (κ1) is 17.0. The number of hydrogen-bond acceptors (Lipinski definition) is 5. The molecule has 0 saturated carbocycles. The normalized spacial score (nSPS) is 16.7. The van der Waals surface area contributed by atoms with Gasteiger partial charge in [-0.15, -0.1) is 0 Å². The second-order valence-electron chi connectivity index (χ2n) is 6.17. The summed E-state index contributed by atoms with van der Waals surface area (Å²) in [6.45, 7) is 1.17. The minimum Gasteiger partial charge on any atom is -0.352 e. The van der Waals surface area contributed by atoms with Gasteiger partial charge in [0.05, 0.1) is 0 Å². The highest BCUT2D eigenvalue weighted by Gasteiger charge is 2.32. The predicted molar refractivity (Wildman–Crippen MR) is 101 cm³/mol. The molecule has 0 spiro atoms. The van der Waals surface area contributed by atoms with Crippen LogP contribution in [0.25, 0.3) is 0 Å². The zero-order valence-corrected chi connectivity index (χ0v) is 14.5. The van der Waals surface area contributed by atoms with Crippen molar-refractivity contribution in [2.75, 3.05) is 23.3 Å². The van der Waals surface area contributed by atoms with Gasteiger partial charge in [-0.25, -0.2) is 9.37 Å². The molecule has 1 fully saturated rings. The van der Waals surface area contributed by atoms with E-state index in [1.165, 1.54) is 12.1 Å². The molecule has 1 aromatic heterocycles. The highest BCUT2D eigenvalue weighted by Crippen LogP contribution is 2.28. The molecule has 1 aliphatic rings. The largest absolute Gasteiger partial charge is 0.352 e. The maximum absolute atomic E-state index is 13.4. The van der Waals surface area contributed by atoms with E-state index >= 15 is 0 Å². The Kier molecular flexibility index (Phi) is 4.65. The van der Waals surface area contributed by atoms with Gasteiger partial charge in [0, 0.05) is 25.0 Å². The zero-order chi connectivity index (χ0) is 18.6. The standard InChI is InChI=1S/C20H18FN5O/c21-15-7-4-8-16(13-15)24-20-23-10-9-17(25-20)26-12-11-22-19(27)18(26)14-5-2-1-3-6-14/h1-10,13,18H,11-12H2,(H,22,27)(H,23,24,25). The summed E-state index contributed by atoms with van der Waals surface area (Å²) in [4.78, 5) is 23.2. The fourth-order valence-electron chi connectivity index (χ4n) is 3.15. The average molecular weight is 363 g/mol. The van der Waals surface area contributed by atoms with Crippen LogP contribution in [0.2, 0.25) is 0 Å². The van der Waals surface area contributed by atoms with Crippen LogP contribution in [0.3, 0.4) is 0 Å². The van der Waals surface area contributed by atoms with Crippen LogP contribution < -0.4 is 15.5 Å². The molecule has 1 amide bonds. The van der Waals surface area contributed by atoms with Gasteiger partial charge < -0.3 is 15.5 Å². The third kappa shape index (κ3) is 3.72. The van der Waals surface area contributed by atoms with Crippen LogP contribution >= 0.6 is 0 Å². The van der Waals surface area contributed by atoms with Crippen molar-refractivity contribution in [1.82, 2.24) is 15.3 Å². The molecule has 136 valence electrons. The topological polar surface area (TPSA) is 70.2 Å². The van der Waals surface area contributed by atoms with Crippen molar-refractivity contribution in [3.05, 3.63) is 78.2 Å². The molecule has 2 aromatic carbocycles. The van der Waals surface area contributed by atoms with Gasteiger partial charge in [0.15, 0.2) is 0 Å². The Morgan fingerprint density at radius 1 is 1.11 bits per heavy atom. The summed E-state index contributed by atoms with van der Waals surface area (Å²) in [7, 11) is 0. The Morgan fingerprint density at radius 3 is 2.78 bits per heavy atom. The molecule has 6 nitrogen and oxygen atoms in total. The minimum atomic E-state index is -0.461. The number of amides is 1. The molecule has 1 unspecified atom stereocenters. The van der Waals surface area contributed by atoms with E-state index in [0.29, 0.717) is 30.5 Å². The number of aromatic nitrogens is 2. The SMILES string of the molecule is O=C1NCCN(c2ccnc(Nc3cccc(F)c3)n2)C1c1ccccc1. The lowest BCUT2D eigenvalue weighted by Crippen LogP contribution is -2.50. The minimum absolute atomic E-state index is 0.0642. The van der Waals surface area contributed by atoms with Gasteiger partial charge in [-0.1, -0.05) is 36.4 Å². The molecule has 1 aliphatic heterocycles. The number of nitrogens with one attached hydrogen (secondary N) is 2. The third-order valence-corrected chi connectivity index (χ3v) is 4.34. The Hall–Kier alpha value is -3.48. The van der Waals surface area contributed by atoms with Crippen molar-refractivity contribution < 1.29 is 9.18 Å². The molecule has 7 heteroatoms. The van der Waals surface area contributed by atoms with Gasteiger partial charge in [-0.2, -0.15) is 4.98 Å². The van der Waals surface area contributed by atoms with Crippen molar-refractivity contribution >= 4 is 23.4 Å². The molecule has 0 bridgehead atoms. The Balaban J connectivity index is 1.64. The van der Waals surface area contributed by atoms with Gasteiger partial charge in [0.1, 0.15) is 17.7 Å². The molecule has 2 N–H and O–H groups in total. The van der Waals surface area contributed by atoms with Gasteiger partial charge in [-0.05, 0) is 29.8 Å². The quantitative estimate of drug-likeness (QED) is 0.746. The summed E-state index contributed by atoms with van der Waals surface area (Å²) in [6.07, 6.45) is 1.62. The number of anilines is 3. The van der Waals surface area contributed by atoms with Gasteiger partial charge in [0.2, 0.25) is 11.9 Å². The van der Waals surface area contributed by atoms with Crippen LogP contribution in [0, 0.1) is 5.82 Å². The summed E-state index contributed by atoms with van der Waals surface area (Å²) in [6, 6.07) is 17.0. The Labute approximate surface area is 156 Å². The van der Waals surface area contributed by atoms with Crippen molar-refractivity contribution in [2.45, 2.75) is 6.04 Å². The fraction of sp³-hybridized carbons (Fsp3) is 0.150. The van der Waals surface area contributed by atoms with Gasteiger partial charge in [0.25, 0.3) is 0 Å². The van der Waals surface area contributed by atoms with Crippen molar-refractivity contribution in [1.29, 1.82) is 0 Å². The van der Waals surface area contributed by atoms with E-state index in [2.05, 4.69) is 20.6 Å². The number of nitrogens with zero attached hydrogens (tertiary/aromatic N) is 3. The van der Waals surface area contributed by atoms with Crippen LogP contribution in [-0.4, -0.2) is 29.0 Å². The van der Waals surface area contributed by atoms with E-state index in [-0.39, 0.29) is 11.7 Å². The number of carbonyl (C=O) groups is 1. The van der Waals surface area contributed by atoms with Crippen LogP contribution in [0.1, 0.15) is 11.6 Å². The van der Waals surface area contributed by atoms with Gasteiger partial charge >= 0.3 is 0 Å². The van der Waals surface area contributed by atoms with Crippen LogP contribution in [0.4, 0.5) is 21.8 Å². The molecule has 0 aliphatic carbocycles. The first-order valence-electron chi connectivity index (χ1n) is 8.66. The maximum Gasteiger partial charge on any atom is 0.247 e. The molecule has 1 atom stereocenters. The summed E-state index contributed by atoms with van der Waals surface area (Å²) in [5.74, 6) is 0.571. The van der Waals surface area contributed by atoms with E-state index in [4.69, 9.17) is 0 Å². The smallest absolute Gasteiger partial charge is 0.247 e. The molecule has 4 rings (SSSR count). The summed E-state index contributed by atoms with van der Waals surface area (Å²) < 4.78 is 13.4. The van der Waals surface area contributed by atoms with E-state index in [1.54, 1.807) is 24.4 Å². The summed E-state index contributed by atoms with van der Waals surface area (Å²) in [5.41, 5.74) is 1.45. The molecule has 1 saturated heterocycles. The van der Waals surface area contributed by atoms with Crippen molar-refractivity contribution in [3.63, 3.8) is 0 Å². The van der Waals surface area contributed by atoms with Crippen LogP contribution in [-0.2, 0) is 4.79 Å². The number of carbonyl (C=O) groups excluding carboxylic acids is 1. The number of piperazine rings is 1. The lowest BCUT2D eigenvalue weighted by Gasteiger charge is -2.36. The molecule has 3 aromatic rings. The third-order valence-electron chi connectivity index (χ3n) is 4.34. The second kappa shape index (κ2) is 7.41. The maximum atomic E-state index is 13.4.